The van der Waals surface area contributed by atoms with Gasteiger partial charge >= 0.3 is 0 Å². The molecule has 23 heavy (non-hydrogen) atoms. The Balaban J connectivity index is 1.91. The SMILES string of the molecule is CCCC(Cc1ccccc1)NC(=O)[C@@H](N)Cc1ccccc1. The summed E-state index contributed by atoms with van der Waals surface area (Å²) in [6.45, 7) is 2.13. The zero-order valence-electron chi connectivity index (χ0n) is 13.7. The fraction of sp³-hybridized carbons (Fsp3) is 0.350. The van der Waals surface area contributed by atoms with Gasteiger partial charge < -0.3 is 11.1 Å². The Morgan fingerprint density at radius 2 is 1.48 bits per heavy atom. The van der Waals surface area contributed by atoms with Crippen LogP contribution in [0.25, 0.3) is 0 Å². The molecule has 0 aliphatic rings. The average molecular weight is 310 g/mol. The maximum Gasteiger partial charge on any atom is 0.237 e. The highest BCUT2D eigenvalue weighted by atomic mass is 16.2. The summed E-state index contributed by atoms with van der Waals surface area (Å²) in [5.41, 5.74) is 8.40. The van der Waals surface area contributed by atoms with Crippen molar-refractivity contribution in [1.29, 1.82) is 0 Å². The van der Waals surface area contributed by atoms with Gasteiger partial charge in [-0.2, -0.15) is 0 Å². The third kappa shape index (κ3) is 5.87. The summed E-state index contributed by atoms with van der Waals surface area (Å²) in [5, 5.41) is 3.12. The molecular weight excluding hydrogens is 284 g/mol. The Morgan fingerprint density at radius 3 is 2.00 bits per heavy atom. The molecular formula is C20H26N2O. The van der Waals surface area contributed by atoms with Crippen LogP contribution in [0.4, 0.5) is 0 Å². The van der Waals surface area contributed by atoms with Crippen molar-refractivity contribution in [2.24, 2.45) is 5.73 Å². The van der Waals surface area contributed by atoms with Crippen molar-refractivity contribution in [2.45, 2.75) is 44.7 Å². The number of amides is 1. The second-order valence-electron chi connectivity index (χ2n) is 5.98. The third-order valence-electron chi connectivity index (χ3n) is 3.94. The zero-order chi connectivity index (χ0) is 16.5. The van der Waals surface area contributed by atoms with E-state index in [1.165, 1.54) is 5.56 Å². The molecule has 122 valence electrons. The van der Waals surface area contributed by atoms with E-state index in [2.05, 4.69) is 24.4 Å². The topological polar surface area (TPSA) is 55.1 Å². The molecule has 3 heteroatoms. The highest BCUT2D eigenvalue weighted by molar-refractivity contribution is 5.82. The molecule has 0 saturated heterocycles. The fourth-order valence-electron chi connectivity index (χ4n) is 2.74. The molecule has 0 aliphatic carbocycles. The maximum absolute atomic E-state index is 12.4. The van der Waals surface area contributed by atoms with Gasteiger partial charge in [-0.1, -0.05) is 74.0 Å². The Labute approximate surface area is 138 Å². The minimum absolute atomic E-state index is 0.0664. The largest absolute Gasteiger partial charge is 0.352 e. The molecule has 2 aromatic rings. The predicted octanol–water partition coefficient (Wildman–Crippen LogP) is 3.08. The highest BCUT2D eigenvalue weighted by Gasteiger charge is 2.18. The molecule has 0 saturated carbocycles. The standard InChI is InChI=1S/C20H26N2O/c1-2-9-18(14-16-10-5-3-6-11-16)22-20(23)19(21)15-17-12-7-4-8-13-17/h3-8,10-13,18-19H,2,9,14-15,21H2,1H3,(H,22,23)/t18?,19-/m0/s1. The second-order valence-corrected chi connectivity index (χ2v) is 5.98. The van der Waals surface area contributed by atoms with E-state index in [1.54, 1.807) is 0 Å². The van der Waals surface area contributed by atoms with E-state index >= 15 is 0 Å². The Hall–Kier alpha value is -2.13. The van der Waals surface area contributed by atoms with Crippen molar-refractivity contribution < 1.29 is 4.79 Å². The van der Waals surface area contributed by atoms with Gasteiger partial charge in [0.15, 0.2) is 0 Å². The first-order valence-corrected chi connectivity index (χ1v) is 8.33. The monoisotopic (exact) mass is 310 g/mol. The summed E-state index contributed by atoms with van der Waals surface area (Å²) in [7, 11) is 0. The fourth-order valence-corrected chi connectivity index (χ4v) is 2.74. The van der Waals surface area contributed by atoms with Crippen molar-refractivity contribution in [1.82, 2.24) is 5.32 Å². The minimum Gasteiger partial charge on any atom is -0.352 e. The molecule has 0 aromatic heterocycles. The Bertz CT molecular complexity index is 583. The van der Waals surface area contributed by atoms with E-state index in [0.717, 1.165) is 24.8 Å². The molecule has 0 spiro atoms. The smallest absolute Gasteiger partial charge is 0.237 e. The molecule has 2 rings (SSSR count). The van der Waals surface area contributed by atoms with Crippen LogP contribution in [0.1, 0.15) is 30.9 Å². The van der Waals surface area contributed by atoms with Crippen LogP contribution in [-0.2, 0) is 17.6 Å². The van der Waals surface area contributed by atoms with Gasteiger partial charge in [0.25, 0.3) is 0 Å². The minimum atomic E-state index is -0.507. The van der Waals surface area contributed by atoms with E-state index in [9.17, 15) is 4.79 Å². The molecule has 1 unspecified atom stereocenters. The van der Waals surface area contributed by atoms with Crippen LogP contribution in [0.2, 0.25) is 0 Å². The number of carbonyl (C=O) groups excluding carboxylic acids is 1. The van der Waals surface area contributed by atoms with Gasteiger partial charge in [0.2, 0.25) is 5.91 Å². The predicted molar refractivity (Wildman–Crippen MR) is 95.1 cm³/mol. The van der Waals surface area contributed by atoms with Crippen molar-refractivity contribution in [3.63, 3.8) is 0 Å². The lowest BCUT2D eigenvalue weighted by molar-refractivity contribution is -0.123. The molecule has 0 aliphatic heterocycles. The van der Waals surface area contributed by atoms with Crippen LogP contribution >= 0.6 is 0 Å². The normalized spacial score (nSPS) is 13.3. The Morgan fingerprint density at radius 1 is 0.957 bits per heavy atom. The second kappa shape index (κ2) is 9.11. The van der Waals surface area contributed by atoms with Gasteiger partial charge in [-0.15, -0.1) is 0 Å². The van der Waals surface area contributed by atoms with Crippen LogP contribution in [0, 0.1) is 0 Å². The number of hydrogen-bond donors (Lipinski definition) is 2. The summed E-state index contributed by atoms with van der Waals surface area (Å²) < 4.78 is 0. The van der Waals surface area contributed by atoms with E-state index in [0.29, 0.717) is 6.42 Å². The van der Waals surface area contributed by atoms with Crippen molar-refractivity contribution in [3.8, 4) is 0 Å². The van der Waals surface area contributed by atoms with Gasteiger partial charge in [0, 0.05) is 6.04 Å². The first-order valence-electron chi connectivity index (χ1n) is 8.33. The summed E-state index contributed by atoms with van der Waals surface area (Å²) in [6, 6.07) is 19.8. The quantitative estimate of drug-likeness (QED) is 0.787. The zero-order valence-corrected chi connectivity index (χ0v) is 13.7. The van der Waals surface area contributed by atoms with Gasteiger partial charge in [-0.25, -0.2) is 0 Å². The first kappa shape index (κ1) is 17.2. The van der Waals surface area contributed by atoms with E-state index in [1.807, 2.05) is 48.5 Å². The van der Waals surface area contributed by atoms with Gasteiger partial charge in [0.05, 0.1) is 6.04 Å². The molecule has 3 nitrogen and oxygen atoms in total. The van der Waals surface area contributed by atoms with Crippen LogP contribution in [0.3, 0.4) is 0 Å². The van der Waals surface area contributed by atoms with Crippen LogP contribution in [-0.4, -0.2) is 18.0 Å². The lowest BCUT2D eigenvalue weighted by atomic mass is 10.0. The summed E-state index contributed by atoms with van der Waals surface area (Å²) >= 11 is 0. The third-order valence-corrected chi connectivity index (χ3v) is 3.94. The van der Waals surface area contributed by atoms with Crippen LogP contribution in [0.5, 0.6) is 0 Å². The number of nitrogens with one attached hydrogen (secondary N) is 1. The number of benzene rings is 2. The van der Waals surface area contributed by atoms with Crippen molar-refractivity contribution in [2.75, 3.05) is 0 Å². The average Bonchev–Trinajstić information content (AvgIpc) is 2.57. The lowest BCUT2D eigenvalue weighted by Crippen LogP contribution is -2.47. The first-order chi connectivity index (χ1) is 11.2. The lowest BCUT2D eigenvalue weighted by Gasteiger charge is -2.21. The summed E-state index contributed by atoms with van der Waals surface area (Å²) in [5.74, 6) is -0.0664. The maximum atomic E-state index is 12.4. The summed E-state index contributed by atoms with van der Waals surface area (Å²) in [6.07, 6.45) is 3.40. The molecule has 2 aromatic carbocycles. The molecule has 0 heterocycles. The van der Waals surface area contributed by atoms with Gasteiger partial charge in [0.1, 0.15) is 0 Å². The van der Waals surface area contributed by atoms with E-state index in [-0.39, 0.29) is 11.9 Å². The van der Waals surface area contributed by atoms with Gasteiger partial charge in [-0.3, -0.25) is 4.79 Å². The number of rotatable bonds is 8. The molecule has 0 radical (unpaired) electrons. The van der Waals surface area contributed by atoms with E-state index < -0.39 is 6.04 Å². The van der Waals surface area contributed by atoms with Crippen molar-refractivity contribution >= 4 is 5.91 Å². The molecule has 1 amide bonds. The molecule has 3 N–H and O–H groups in total. The summed E-state index contributed by atoms with van der Waals surface area (Å²) in [4.78, 5) is 12.4. The number of hydrogen-bond acceptors (Lipinski definition) is 2. The van der Waals surface area contributed by atoms with Crippen LogP contribution in [0.15, 0.2) is 60.7 Å². The van der Waals surface area contributed by atoms with Gasteiger partial charge in [-0.05, 0) is 30.4 Å². The van der Waals surface area contributed by atoms with E-state index in [4.69, 9.17) is 5.73 Å². The Kier molecular flexibility index (Phi) is 6.82. The molecule has 0 fully saturated rings. The molecule has 2 atom stereocenters. The number of nitrogens with two attached hydrogens (primary N) is 1. The highest BCUT2D eigenvalue weighted by Crippen LogP contribution is 2.09. The number of carbonyl (C=O) groups is 1. The van der Waals surface area contributed by atoms with Crippen molar-refractivity contribution in [3.05, 3.63) is 71.8 Å². The van der Waals surface area contributed by atoms with Crippen LogP contribution < -0.4 is 11.1 Å². The molecule has 0 bridgehead atoms.